The molecule has 0 bridgehead atoms. The summed E-state index contributed by atoms with van der Waals surface area (Å²) in [6.07, 6.45) is 0. The first kappa shape index (κ1) is 11.9. The second-order valence-corrected chi connectivity index (χ2v) is 3.77. The Morgan fingerprint density at radius 2 is 1.44 bits per heavy atom. The Kier molecular flexibility index (Phi) is 3.38. The van der Waals surface area contributed by atoms with Gasteiger partial charge in [-0.2, -0.15) is 0 Å². The Morgan fingerprint density at radius 1 is 0.833 bits per heavy atom. The maximum atomic E-state index is 10.9. The van der Waals surface area contributed by atoms with Crippen molar-refractivity contribution in [1.29, 1.82) is 0 Å². The van der Waals surface area contributed by atoms with Crippen molar-refractivity contribution in [2.75, 3.05) is 0 Å². The molecule has 0 unspecified atom stereocenters. The van der Waals surface area contributed by atoms with Gasteiger partial charge < -0.3 is 11.5 Å². The fourth-order valence-electron chi connectivity index (χ4n) is 1.51. The van der Waals surface area contributed by atoms with Gasteiger partial charge in [-0.05, 0) is 24.3 Å². The zero-order valence-corrected chi connectivity index (χ0v) is 9.71. The van der Waals surface area contributed by atoms with Crippen LogP contribution < -0.4 is 11.5 Å². The predicted octanol–water partition coefficient (Wildman–Crippen LogP) is 1.82. The fraction of sp³-hybridized carbons (Fsp3) is 0. The van der Waals surface area contributed by atoms with Gasteiger partial charge in [-0.25, -0.2) is 4.99 Å². The smallest absolute Gasteiger partial charge is 0.248 e. The van der Waals surface area contributed by atoms with Gasteiger partial charge in [0.25, 0.3) is 0 Å². The Balaban J connectivity index is 2.25. The fourth-order valence-corrected chi connectivity index (χ4v) is 1.51. The van der Waals surface area contributed by atoms with Crippen molar-refractivity contribution in [3.05, 3.63) is 65.7 Å². The van der Waals surface area contributed by atoms with Gasteiger partial charge in [0.15, 0.2) is 0 Å². The lowest BCUT2D eigenvalue weighted by Crippen LogP contribution is -2.12. The average Bonchev–Trinajstić information content (AvgIpc) is 2.40. The van der Waals surface area contributed by atoms with E-state index in [1.165, 1.54) is 0 Å². The third-order valence-electron chi connectivity index (χ3n) is 2.47. The Labute approximate surface area is 105 Å². The van der Waals surface area contributed by atoms with Crippen molar-refractivity contribution < 1.29 is 4.79 Å². The highest BCUT2D eigenvalue weighted by Crippen LogP contribution is 2.14. The van der Waals surface area contributed by atoms with Crippen molar-refractivity contribution in [3.63, 3.8) is 0 Å². The number of nitrogens with zero attached hydrogens (tertiary/aromatic N) is 1. The van der Waals surface area contributed by atoms with Crippen LogP contribution in [0.25, 0.3) is 0 Å². The van der Waals surface area contributed by atoms with Crippen LogP contribution in [0.2, 0.25) is 0 Å². The number of carbonyl (C=O) groups excluding carboxylic acids is 1. The average molecular weight is 239 g/mol. The van der Waals surface area contributed by atoms with Gasteiger partial charge in [0.1, 0.15) is 5.84 Å². The van der Waals surface area contributed by atoms with Crippen LogP contribution in [0.3, 0.4) is 0 Å². The molecule has 2 aromatic carbocycles. The van der Waals surface area contributed by atoms with E-state index in [1.54, 1.807) is 24.3 Å². The monoisotopic (exact) mass is 239 g/mol. The summed E-state index contributed by atoms with van der Waals surface area (Å²) in [5.74, 6) is -0.0241. The molecule has 0 aliphatic rings. The number of hydrogen-bond donors (Lipinski definition) is 2. The maximum Gasteiger partial charge on any atom is 0.248 e. The van der Waals surface area contributed by atoms with E-state index in [4.69, 9.17) is 11.5 Å². The highest BCUT2D eigenvalue weighted by atomic mass is 16.1. The molecule has 0 aromatic heterocycles. The topological polar surface area (TPSA) is 81.5 Å². The van der Waals surface area contributed by atoms with Gasteiger partial charge in [0, 0.05) is 11.1 Å². The van der Waals surface area contributed by atoms with Crippen LogP contribution in [0.4, 0.5) is 5.69 Å². The van der Waals surface area contributed by atoms with E-state index >= 15 is 0 Å². The predicted molar refractivity (Wildman–Crippen MR) is 71.8 cm³/mol. The standard InChI is InChI=1S/C14H13N3O/c15-13(10-4-2-1-3-5-10)17-12-8-6-11(7-9-12)14(16)18/h1-9H,(H2,15,17)(H2,16,18). The highest BCUT2D eigenvalue weighted by Gasteiger charge is 2.00. The number of amides is 1. The summed E-state index contributed by atoms with van der Waals surface area (Å²) in [7, 11) is 0. The van der Waals surface area contributed by atoms with Gasteiger partial charge in [-0.15, -0.1) is 0 Å². The molecule has 0 spiro atoms. The minimum absolute atomic E-state index is 0.433. The molecule has 0 radical (unpaired) electrons. The van der Waals surface area contributed by atoms with E-state index in [0.29, 0.717) is 17.1 Å². The van der Waals surface area contributed by atoms with Crippen molar-refractivity contribution in [2.45, 2.75) is 0 Å². The van der Waals surface area contributed by atoms with Crippen LogP contribution in [0.1, 0.15) is 15.9 Å². The zero-order valence-electron chi connectivity index (χ0n) is 9.71. The normalized spacial score (nSPS) is 11.2. The Bertz CT molecular complexity index is 574. The van der Waals surface area contributed by atoms with E-state index in [2.05, 4.69) is 4.99 Å². The number of nitrogens with two attached hydrogens (primary N) is 2. The molecule has 2 rings (SSSR count). The van der Waals surface area contributed by atoms with Crippen LogP contribution in [-0.4, -0.2) is 11.7 Å². The second kappa shape index (κ2) is 5.14. The van der Waals surface area contributed by atoms with Crippen LogP contribution in [0, 0.1) is 0 Å². The second-order valence-electron chi connectivity index (χ2n) is 3.77. The number of rotatable bonds is 3. The van der Waals surface area contributed by atoms with Crippen molar-refractivity contribution >= 4 is 17.4 Å². The van der Waals surface area contributed by atoms with Crippen molar-refractivity contribution in [3.8, 4) is 0 Å². The van der Waals surface area contributed by atoms with Crippen LogP contribution in [0.5, 0.6) is 0 Å². The molecule has 90 valence electrons. The lowest BCUT2D eigenvalue weighted by molar-refractivity contribution is 0.100. The molecule has 0 atom stereocenters. The lowest BCUT2D eigenvalue weighted by Gasteiger charge is -2.01. The van der Waals surface area contributed by atoms with Gasteiger partial charge >= 0.3 is 0 Å². The maximum absolute atomic E-state index is 10.9. The number of primary amides is 1. The first-order valence-electron chi connectivity index (χ1n) is 5.46. The van der Waals surface area contributed by atoms with Crippen LogP contribution >= 0.6 is 0 Å². The van der Waals surface area contributed by atoms with Gasteiger partial charge in [0.05, 0.1) is 5.69 Å². The minimum atomic E-state index is -0.457. The minimum Gasteiger partial charge on any atom is -0.383 e. The van der Waals surface area contributed by atoms with E-state index < -0.39 is 5.91 Å². The summed E-state index contributed by atoms with van der Waals surface area (Å²) in [6.45, 7) is 0. The molecule has 4 heteroatoms. The van der Waals surface area contributed by atoms with E-state index in [-0.39, 0.29) is 0 Å². The third-order valence-corrected chi connectivity index (χ3v) is 2.47. The van der Waals surface area contributed by atoms with Gasteiger partial charge in [-0.1, -0.05) is 30.3 Å². The first-order valence-corrected chi connectivity index (χ1v) is 5.46. The van der Waals surface area contributed by atoms with E-state index in [1.807, 2.05) is 30.3 Å². The number of aliphatic imine (C=N–C) groups is 1. The molecule has 2 aromatic rings. The van der Waals surface area contributed by atoms with Crippen molar-refractivity contribution in [1.82, 2.24) is 0 Å². The molecule has 18 heavy (non-hydrogen) atoms. The summed E-state index contributed by atoms with van der Waals surface area (Å²) >= 11 is 0. The first-order chi connectivity index (χ1) is 8.66. The molecule has 1 amide bonds. The van der Waals surface area contributed by atoms with Gasteiger partial charge in [0.2, 0.25) is 5.91 Å². The molecule has 0 heterocycles. The van der Waals surface area contributed by atoms with Crippen molar-refractivity contribution in [2.24, 2.45) is 16.5 Å². The summed E-state index contributed by atoms with van der Waals surface area (Å²) < 4.78 is 0. The van der Waals surface area contributed by atoms with Crippen LogP contribution in [0.15, 0.2) is 59.6 Å². The molecule has 0 aliphatic carbocycles. The quantitative estimate of drug-likeness (QED) is 0.632. The summed E-state index contributed by atoms with van der Waals surface area (Å²) in [5.41, 5.74) is 13.0. The molecule has 4 nitrogen and oxygen atoms in total. The molecule has 0 fully saturated rings. The largest absolute Gasteiger partial charge is 0.383 e. The number of carbonyl (C=O) groups is 1. The molecular formula is C14H13N3O. The van der Waals surface area contributed by atoms with E-state index in [0.717, 1.165) is 5.56 Å². The molecular weight excluding hydrogens is 226 g/mol. The van der Waals surface area contributed by atoms with Crippen LogP contribution in [-0.2, 0) is 0 Å². The summed E-state index contributed by atoms with van der Waals surface area (Å²) in [4.78, 5) is 15.2. The number of amidine groups is 1. The summed E-state index contributed by atoms with van der Waals surface area (Å²) in [5, 5.41) is 0. The highest BCUT2D eigenvalue weighted by molar-refractivity contribution is 5.99. The number of benzene rings is 2. The molecule has 4 N–H and O–H groups in total. The number of hydrogen-bond acceptors (Lipinski definition) is 2. The molecule has 0 saturated heterocycles. The summed E-state index contributed by atoms with van der Waals surface area (Å²) in [6, 6.07) is 16.1. The Morgan fingerprint density at radius 3 is 2.00 bits per heavy atom. The molecule has 0 aliphatic heterocycles. The SMILES string of the molecule is NC(=O)c1ccc(N=C(N)c2ccccc2)cc1. The zero-order chi connectivity index (χ0) is 13.0. The lowest BCUT2D eigenvalue weighted by atomic mass is 10.2. The Hall–Kier alpha value is -2.62. The third kappa shape index (κ3) is 2.74. The molecule has 0 saturated carbocycles. The van der Waals surface area contributed by atoms with Gasteiger partial charge in [-0.3, -0.25) is 4.79 Å². The van der Waals surface area contributed by atoms with E-state index in [9.17, 15) is 4.79 Å².